The molecule has 0 aromatic carbocycles. The maximum atomic E-state index is 6.86. The van der Waals surface area contributed by atoms with Gasteiger partial charge in [0.1, 0.15) is 0 Å². The van der Waals surface area contributed by atoms with Gasteiger partial charge in [-0.1, -0.05) is 0 Å². The average molecular weight is 134 g/mol. The summed E-state index contributed by atoms with van der Waals surface area (Å²) in [5, 5.41) is 0. The molecule has 0 amide bonds. The molecule has 0 saturated carbocycles. The maximum absolute atomic E-state index is 6.86. The molecular formula is H5MnN3O2. The quantitative estimate of drug-likeness (QED) is 0.193. The molecule has 5 N–H and O–H groups in total. The molecule has 0 aliphatic rings. The van der Waals surface area contributed by atoms with Crippen LogP contribution in [0.25, 0.3) is 10.4 Å². The van der Waals surface area contributed by atoms with Crippen molar-refractivity contribution in [2.75, 3.05) is 0 Å². The molecule has 0 aromatic heterocycles. The summed E-state index contributed by atoms with van der Waals surface area (Å²) in [4.78, 5) is 1.75. The normalized spacial score (nSPS) is 1.33. The van der Waals surface area contributed by atoms with Gasteiger partial charge in [-0.2, -0.15) is 0 Å². The van der Waals surface area contributed by atoms with E-state index in [0.717, 1.165) is 0 Å². The minimum atomic E-state index is 0. The van der Waals surface area contributed by atoms with E-state index < -0.39 is 0 Å². The molecule has 5 nitrogen and oxygen atoms in total. The number of nitrogens with zero attached hydrogens (tertiary/aromatic N) is 2. The summed E-state index contributed by atoms with van der Waals surface area (Å²) in [7, 11) is 0. The van der Waals surface area contributed by atoms with Gasteiger partial charge in [-0.25, -0.2) is 0 Å². The molecule has 0 spiro atoms. The van der Waals surface area contributed by atoms with Crippen molar-refractivity contribution >= 4 is 0 Å². The second-order valence-corrected chi connectivity index (χ2v) is 0.100. The predicted molar refractivity (Wildman–Crippen MR) is 16.7 cm³/mol. The number of hydrogen-bond donors (Lipinski definition) is 1. The van der Waals surface area contributed by atoms with Gasteiger partial charge < -0.3 is 11.0 Å². The van der Waals surface area contributed by atoms with Gasteiger partial charge in [0, 0.05) is 17.1 Å². The Hall–Kier alpha value is -0.251. The van der Waals surface area contributed by atoms with E-state index in [1.165, 1.54) is 0 Å². The Labute approximate surface area is 44.9 Å². The van der Waals surface area contributed by atoms with Gasteiger partial charge in [0.25, 0.3) is 0 Å². The first-order valence-corrected chi connectivity index (χ1v) is 0.424. The van der Waals surface area contributed by atoms with Crippen LogP contribution in [0.2, 0.25) is 0 Å². The fourth-order valence-electron chi connectivity index (χ4n) is 0. The second kappa shape index (κ2) is 119. The van der Waals surface area contributed by atoms with Crippen molar-refractivity contribution in [2.45, 2.75) is 0 Å². The molecule has 0 rings (SSSR count). The summed E-state index contributed by atoms with van der Waals surface area (Å²) in [5.74, 6) is 0. The Bertz CT molecular complexity index is 29.8. The predicted octanol–water partition coefficient (Wildman–Crippen LogP) is -0.776. The van der Waals surface area contributed by atoms with Crippen molar-refractivity contribution in [1.29, 1.82) is 5.53 Å². The molecule has 0 aromatic rings. The third-order valence-electron chi connectivity index (χ3n) is 0. The molecule has 39 valence electrons. The van der Waals surface area contributed by atoms with Gasteiger partial charge in [-0.05, 0) is 10.4 Å². The van der Waals surface area contributed by atoms with Gasteiger partial charge in [0.2, 0.25) is 0 Å². The van der Waals surface area contributed by atoms with Crippen molar-refractivity contribution < 1.29 is 28.0 Å². The zero-order valence-electron chi connectivity index (χ0n) is 2.77. The van der Waals surface area contributed by atoms with Crippen LogP contribution in [0.15, 0.2) is 0 Å². The van der Waals surface area contributed by atoms with Crippen LogP contribution < -0.4 is 0 Å². The third-order valence-corrected chi connectivity index (χ3v) is 0. The van der Waals surface area contributed by atoms with Crippen molar-refractivity contribution in [3.63, 3.8) is 0 Å². The molecule has 0 fully saturated rings. The van der Waals surface area contributed by atoms with Crippen LogP contribution in [0.1, 0.15) is 0 Å². The maximum Gasteiger partial charge on any atom is 0 e. The average Bonchev–Trinajstić information content (AvgIpc) is 0.918. The van der Waals surface area contributed by atoms with Crippen LogP contribution in [0.4, 0.5) is 0 Å². The monoisotopic (exact) mass is 134 g/mol. The van der Waals surface area contributed by atoms with Crippen molar-refractivity contribution in [1.82, 2.24) is 0 Å². The molecule has 6 heavy (non-hydrogen) atoms. The van der Waals surface area contributed by atoms with Crippen molar-refractivity contribution in [3.8, 4) is 0 Å². The summed E-state index contributed by atoms with van der Waals surface area (Å²) in [5.41, 5.74) is 12.2. The van der Waals surface area contributed by atoms with Crippen LogP contribution in [0.5, 0.6) is 0 Å². The zero-order valence-corrected chi connectivity index (χ0v) is 3.95. The molecule has 6 heteroatoms. The fraction of sp³-hybridized carbons (Fsp3) is 0. The minimum absolute atomic E-state index is 0. The van der Waals surface area contributed by atoms with E-state index in [1.54, 1.807) is 4.91 Å². The summed E-state index contributed by atoms with van der Waals surface area (Å²) in [6.07, 6.45) is 0. The molecule has 0 atom stereocenters. The molecule has 1 radical (unpaired) electrons. The van der Waals surface area contributed by atoms with Gasteiger partial charge in [0.05, 0.1) is 0 Å². The molecule has 0 heterocycles. The topological polar surface area (TPSA) is 123 Å². The summed E-state index contributed by atoms with van der Waals surface area (Å²) >= 11 is 0. The van der Waals surface area contributed by atoms with E-state index in [-0.39, 0.29) is 28.0 Å². The molecule has 0 unspecified atom stereocenters. The van der Waals surface area contributed by atoms with Crippen LogP contribution in [-0.2, 0) is 17.1 Å². The molecular weight excluding hydrogens is 129 g/mol. The first kappa shape index (κ1) is 42.4. The largest absolute Gasteiger partial charge is 0.412 e. The Kier molecular flexibility index (Phi) is 839. The first-order chi connectivity index (χ1) is 1.41. The SMILES string of the molecule is O.O.[Mn].[N-]=[N+]=N. The van der Waals surface area contributed by atoms with E-state index in [9.17, 15) is 0 Å². The number of rotatable bonds is 0. The van der Waals surface area contributed by atoms with Crippen LogP contribution >= 0.6 is 0 Å². The van der Waals surface area contributed by atoms with Gasteiger partial charge >= 0.3 is 0 Å². The minimum Gasteiger partial charge on any atom is -0.412 e. The third kappa shape index (κ3) is 452. The number of nitrogens with one attached hydrogen (secondary N) is 1. The molecule has 0 saturated heterocycles. The Morgan fingerprint density at radius 2 is 1.33 bits per heavy atom. The van der Waals surface area contributed by atoms with E-state index in [2.05, 4.69) is 0 Å². The zero-order chi connectivity index (χ0) is 2.71. The van der Waals surface area contributed by atoms with Crippen LogP contribution in [0.3, 0.4) is 0 Å². The van der Waals surface area contributed by atoms with Gasteiger partial charge in [-0.3, -0.25) is 0 Å². The van der Waals surface area contributed by atoms with E-state index in [0.29, 0.717) is 0 Å². The number of hydrogen-bond acceptors (Lipinski definition) is 1. The molecule has 0 bridgehead atoms. The van der Waals surface area contributed by atoms with E-state index >= 15 is 0 Å². The van der Waals surface area contributed by atoms with Gasteiger partial charge in [0.15, 0.2) is 0 Å². The van der Waals surface area contributed by atoms with Gasteiger partial charge in [-0.15, -0.1) is 5.53 Å². The summed E-state index contributed by atoms with van der Waals surface area (Å²) in [6.45, 7) is 0. The van der Waals surface area contributed by atoms with E-state index in [1.807, 2.05) is 0 Å². The smallest absolute Gasteiger partial charge is 0 e. The first-order valence-electron chi connectivity index (χ1n) is 0.424. The van der Waals surface area contributed by atoms with Crippen LogP contribution in [-0.4, -0.2) is 11.0 Å². The Morgan fingerprint density at radius 3 is 1.33 bits per heavy atom. The second-order valence-electron chi connectivity index (χ2n) is 0.100. The van der Waals surface area contributed by atoms with Crippen molar-refractivity contribution in [2.24, 2.45) is 0 Å². The Morgan fingerprint density at radius 1 is 1.33 bits per heavy atom. The summed E-state index contributed by atoms with van der Waals surface area (Å²) in [6, 6.07) is 0. The van der Waals surface area contributed by atoms with Crippen LogP contribution in [0, 0.1) is 5.53 Å². The standard InChI is InChI=1S/Mn.HN3.2H2O/c;1-3-2;;/h;1H;2*1H2. The van der Waals surface area contributed by atoms with E-state index in [4.69, 9.17) is 11.1 Å². The Balaban J connectivity index is -0.00000000667. The van der Waals surface area contributed by atoms with Crippen molar-refractivity contribution in [3.05, 3.63) is 10.4 Å². The fourth-order valence-corrected chi connectivity index (χ4v) is 0. The molecule has 0 aliphatic carbocycles. The molecule has 0 aliphatic heterocycles. The summed E-state index contributed by atoms with van der Waals surface area (Å²) < 4.78 is 0.